The van der Waals surface area contributed by atoms with E-state index < -0.39 is 0 Å². The molecule has 0 radical (unpaired) electrons. The van der Waals surface area contributed by atoms with Crippen LogP contribution in [0.3, 0.4) is 0 Å². The largest absolute Gasteiger partial charge is 0.356 e. The number of nitrogens with one attached hydrogen (secondary N) is 2. The van der Waals surface area contributed by atoms with Gasteiger partial charge in [-0.15, -0.1) is 0 Å². The van der Waals surface area contributed by atoms with Crippen LogP contribution >= 0.6 is 11.3 Å². The zero-order valence-corrected chi connectivity index (χ0v) is 12.5. The van der Waals surface area contributed by atoms with Crippen LogP contribution in [-0.4, -0.2) is 24.9 Å². The van der Waals surface area contributed by atoms with E-state index in [9.17, 15) is 9.59 Å². The van der Waals surface area contributed by atoms with Crippen molar-refractivity contribution in [1.82, 2.24) is 10.6 Å². The van der Waals surface area contributed by atoms with Gasteiger partial charge in [0, 0.05) is 30.5 Å². The lowest BCUT2D eigenvalue weighted by atomic mass is 9.89. The molecule has 0 aliphatic heterocycles. The Labute approximate surface area is 124 Å². The van der Waals surface area contributed by atoms with Gasteiger partial charge in [0.1, 0.15) is 0 Å². The molecule has 1 aromatic rings. The first-order valence-electron chi connectivity index (χ1n) is 7.33. The monoisotopic (exact) mass is 294 g/mol. The van der Waals surface area contributed by atoms with Gasteiger partial charge < -0.3 is 10.6 Å². The average Bonchev–Trinajstić information content (AvgIpc) is 3.00. The summed E-state index contributed by atoms with van der Waals surface area (Å²) in [5.41, 5.74) is 0.664. The Bertz CT molecular complexity index is 425. The van der Waals surface area contributed by atoms with Crippen molar-refractivity contribution in [2.45, 2.75) is 38.5 Å². The molecular weight excluding hydrogens is 272 g/mol. The summed E-state index contributed by atoms with van der Waals surface area (Å²) < 4.78 is 0. The van der Waals surface area contributed by atoms with E-state index >= 15 is 0 Å². The highest BCUT2D eigenvalue weighted by Crippen LogP contribution is 2.22. The van der Waals surface area contributed by atoms with E-state index in [1.54, 1.807) is 11.4 Å². The Hall–Kier alpha value is -1.36. The third-order valence-corrected chi connectivity index (χ3v) is 4.42. The Morgan fingerprint density at radius 2 is 2.00 bits per heavy atom. The Kier molecular flexibility index (Phi) is 6.05. The molecule has 1 aliphatic rings. The quantitative estimate of drug-likeness (QED) is 0.847. The molecule has 0 aromatic carbocycles. The average molecular weight is 294 g/mol. The summed E-state index contributed by atoms with van der Waals surface area (Å²) in [5.74, 6) is 0.570. The summed E-state index contributed by atoms with van der Waals surface area (Å²) in [6.07, 6.45) is 6.72. The van der Waals surface area contributed by atoms with Gasteiger partial charge in [-0.1, -0.05) is 19.3 Å². The number of amides is 2. The Balaban J connectivity index is 1.57. The van der Waals surface area contributed by atoms with Crippen LogP contribution < -0.4 is 10.6 Å². The summed E-state index contributed by atoms with van der Waals surface area (Å²) in [4.78, 5) is 23.3. The topological polar surface area (TPSA) is 58.2 Å². The molecule has 0 saturated heterocycles. The van der Waals surface area contributed by atoms with Gasteiger partial charge in [0.15, 0.2) is 0 Å². The van der Waals surface area contributed by atoms with E-state index in [1.165, 1.54) is 43.4 Å². The number of carbonyl (C=O) groups is 2. The number of hydrogen-bond donors (Lipinski definition) is 2. The van der Waals surface area contributed by atoms with Crippen molar-refractivity contribution < 1.29 is 9.59 Å². The number of rotatable bonds is 6. The molecule has 0 atom stereocenters. The fourth-order valence-corrected chi connectivity index (χ4v) is 3.16. The van der Waals surface area contributed by atoms with Gasteiger partial charge in [0.2, 0.25) is 5.91 Å². The number of hydrogen-bond acceptors (Lipinski definition) is 3. The molecule has 2 N–H and O–H groups in total. The van der Waals surface area contributed by atoms with Crippen molar-refractivity contribution in [1.29, 1.82) is 0 Å². The minimum Gasteiger partial charge on any atom is -0.356 e. The molecule has 1 aromatic heterocycles. The maximum atomic E-state index is 11.7. The predicted molar refractivity (Wildman–Crippen MR) is 80.9 cm³/mol. The summed E-state index contributed by atoms with van der Waals surface area (Å²) in [6, 6.07) is 1.78. The molecule has 1 fully saturated rings. The lowest BCUT2D eigenvalue weighted by Gasteiger charge is -2.21. The molecule has 5 heteroatoms. The van der Waals surface area contributed by atoms with E-state index in [1.807, 2.05) is 5.38 Å². The third-order valence-electron chi connectivity index (χ3n) is 3.73. The third kappa shape index (κ3) is 4.96. The van der Waals surface area contributed by atoms with Crippen LogP contribution in [0.2, 0.25) is 0 Å². The standard InChI is InChI=1S/C15H22N2O2S/c18-14(17-10-12-4-2-1-3-5-12)6-8-16-15(19)13-7-9-20-11-13/h7,9,11-12H,1-6,8,10H2,(H,16,19)(H,17,18). The van der Waals surface area contributed by atoms with Gasteiger partial charge in [-0.3, -0.25) is 9.59 Å². The predicted octanol–water partition coefficient (Wildman–Crippen LogP) is 2.56. The van der Waals surface area contributed by atoms with Crippen LogP contribution in [0.15, 0.2) is 16.8 Å². The van der Waals surface area contributed by atoms with Crippen molar-refractivity contribution in [2.75, 3.05) is 13.1 Å². The summed E-state index contributed by atoms with van der Waals surface area (Å²) in [5, 5.41) is 9.40. The number of carbonyl (C=O) groups excluding carboxylic acids is 2. The van der Waals surface area contributed by atoms with Crippen LogP contribution in [0.1, 0.15) is 48.9 Å². The van der Waals surface area contributed by atoms with E-state index in [4.69, 9.17) is 0 Å². The highest BCUT2D eigenvalue weighted by molar-refractivity contribution is 7.08. The fraction of sp³-hybridized carbons (Fsp3) is 0.600. The van der Waals surface area contributed by atoms with E-state index in [2.05, 4.69) is 10.6 Å². The van der Waals surface area contributed by atoms with Crippen LogP contribution in [0.4, 0.5) is 0 Å². The van der Waals surface area contributed by atoms with Crippen molar-refractivity contribution in [3.8, 4) is 0 Å². The zero-order valence-electron chi connectivity index (χ0n) is 11.7. The lowest BCUT2D eigenvalue weighted by Crippen LogP contribution is -2.33. The van der Waals surface area contributed by atoms with Crippen LogP contribution in [0, 0.1) is 5.92 Å². The van der Waals surface area contributed by atoms with Gasteiger partial charge in [0.25, 0.3) is 5.91 Å². The Morgan fingerprint density at radius 1 is 1.20 bits per heavy atom. The number of thiophene rings is 1. The first-order valence-corrected chi connectivity index (χ1v) is 8.27. The van der Waals surface area contributed by atoms with Crippen molar-refractivity contribution in [3.05, 3.63) is 22.4 Å². The second-order valence-corrected chi connectivity index (χ2v) is 6.11. The maximum absolute atomic E-state index is 11.7. The zero-order chi connectivity index (χ0) is 14.2. The normalized spacial score (nSPS) is 15.8. The molecule has 1 saturated carbocycles. The first-order chi connectivity index (χ1) is 9.75. The second kappa shape index (κ2) is 8.04. The van der Waals surface area contributed by atoms with Gasteiger partial charge in [0.05, 0.1) is 0 Å². The van der Waals surface area contributed by atoms with Gasteiger partial charge in [-0.05, 0) is 30.2 Å². The van der Waals surface area contributed by atoms with Crippen molar-refractivity contribution in [3.63, 3.8) is 0 Å². The second-order valence-electron chi connectivity index (χ2n) is 5.33. The van der Waals surface area contributed by atoms with Crippen LogP contribution in [-0.2, 0) is 4.79 Å². The van der Waals surface area contributed by atoms with Crippen LogP contribution in [0.25, 0.3) is 0 Å². The maximum Gasteiger partial charge on any atom is 0.252 e. The summed E-state index contributed by atoms with van der Waals surface area (Å²) in [7, 11) is 0. The molecule has 1 heterocycles. The van der Waals surface area contributed by atoms with E-state index in [0.717, 1.165) is 6.54 Å². The van der Waals surface area contributed by atoms with Crippen LogP contribution in [0.5, 0.6) is 0 Å². The van der Waals surface area contributed by atoms with Gasteiger partial charge in [-0.25, -0.2) is 0 Å². The molecule has 4 nitrogen and oxygen atoms in total. The molecule has 2 rings (SSSR count). The van der Waals surface area contributed by atoms with E-state index in [0.29, 0.717) is 24.4 Å². The summed E-state index contributed by atoms with van der Waals surface area (Å²) in [6.45, 7) is 1.18. The Morgan fingerprint density at radius 3 is 2.70 bits per heavy atom. The molecular formula is C15H22N2O2S. The molecule has 1 aliphatic carbocycles. The molecule has 110 valence electrons. The SMILES string of the molecule is O=C(CCNC(=O)c1ccsc1)NCC1CCCCC1. The minimum absolute atomic E-state index is 0.0289. The molecule has 0 spiro atoms. The van der Waals surface area contributed by atoms with Crippen molar-refractivity contribution in [2.24, 2.45) is 5.92 Å². The molecule has 0 bridgehead atoms. The highest BCUT2D eigenvalue weighted by Gasteiger charge is 2.14. The molecule has 20 heavy (non-hydrogen) atoms. The minimum atomic E-state index is -0.105. The first kappa shape index (κ1) is 15.0. The summed E-state index contributed by atoms with van der Waals surface area (Å²) >= 11 is 1.49. The van der Waals surface area contributed by atoms with Crippen molar-refractivity contribution >= 4 is 23.2 Å². The molecule has 0 unspecified atom stereocenters. The van der Waals surface area contributed by atoms with Gasteiger partial charge >= 0.3 is 0 Å². The fourth-order valence-electron chi connectivity index (χ4n) is 2.52. The van der Waals surface area contributed by atoms with Gasteiger partial charge in [-0.2, -0.15) is 11.3 Å². The van der Waals surface area contributed by atoms with E-state index in [-0.39, 0.29) is 11.8 Å². The molecule has 2 amide bonds. The highest BCUT2D eigenvalue weighted by atomic mass is 32.1. The smallest absolute Gasteiger partial charge is 0.252 e. The lowest BCUT2D eigenvalue weighted by molar-refractivity contribution is -0.121.